The predicted octanol–water partition coefficient (Wildman–Crippen LogP) is 22.8. The topological polar surface area (TPSA) is 78.9 Å². The molecule has 0 aromatic carbocycles. The van der Waals surface area contributed by atoms with Crippen molar-refractivity contribution >= 4 is 17.9 Å². The third-order valence-electron chi connectivity index (χ3n) is 13.9. The summed E-state index contributed by atoms with van der Waals surface area (Å²) in [7, 11) is 0. The Kier molecular flexibility index (Phi) is 62.8. The number of allylic oxidation sites excluding steroid dienone is 20. The molecule has 0 aliphatic carbocycles. The molecule has 0 aliphatic rings. The Morgan fingerprint density at radius 2 is 0.494 bits per heavy atom. The Morgan fingerprint density at radius 1 is 0.266 bits per heavy atom. The molecule has 0 aromatic rings. The minimum atomic E-state index is -0.802. The summed E-state index contributed by atoms with van der Waals surface area (Å²) in [6.07, 6.45) is 92.0. The third-order valence-corrected chi connectivity index (χ3v) is 13.9. The van der Waals surface area contributed by atoms with Crippen molar-refractivity contribution in [3.05, 3.63) is 122 Å². The van der Waals surface area contributed by atoms with E-state index in [0.29, 0.717) is 19.3 Å². The van der Waals surface area contributed by atoms with Crippen molar-refractivity contribution in [2.75, 3.05) is 13.2 Å². The van der Waals surface area contributed by atoms with Gasteiger partial charge >= 0.3 is 17.9 Å². The average Bonchev–Trinajstić information content (AvgIpc) is 3.45. The molecule has 0 radical (unpaired) electrons. The monoisotopic (exact) mass is 1090 g/mol. The second-order valence-electron chi connectivity index (χ2n) is 21.6. The van der Waals surface area contributed by atoms with Gasteiger partial charge in [-0.25, -0.2) is 0 Å². The molecule has 0 bridgehead atoms. The first-order chi connectivity index (χ1) is 39.0. The molecule has 0 saturated heterocycles. The van der Waals surface area contributed by atoms with E-state index in [1.54, 1.807) is 0 Å². The maximum absolute atomic E-state index is 12.9. The van der Waals surface area contributed by atoms with Gasteiger partial charge in [0.15, 0.2) is 6.10 Å². The first kappa shape index (κ1) is 74.8. The zero-order chi connectivity index (χ0) is 57.1. The van der Waals surface area contributed by atoms with Crippen LogP contribution in [0.5, 0.6) is 0 Å². The quantitative estimate of drug-likeness (QED) is 0.0261. The van der Waals surface area contributed by atoms with E-state index < -0.39 is 6.10 Å². The Hall–Kier alpha value is -4.19. The highest BCUT2D eigenvalue weighted by molar-refractivity contribution is 5.71. The average molecular weight is 1100 g/mol. The highest BCUT2D eigenvalue weighted by atomic mass is 16.6. The van der Waals surface area contributed by atoms with Gasteiger partial charge in [0.05, 0.1) is 0 Å². The summed E-state index contributed by atoms with van der Waals surface area (Å²) < 4.78 is 16.9. The number of rotatable bonds is 59. The number of hydrogen-bond donors (Lipinski definition) is 0. The molecule has 0 saturated carbocycles. The van der Waals surface area contributed by atoms with Crippen LogP contribution in [0.1, 0.15) is 303 Å². The smallest absolute Gasteiger partial charge is 0.306 e. The lowest BCUT2D eigenvalue weighted by Crippen LogP contribution is -2.30. The van der Waals surface area contributed by atoms with E-state index in [0.717, 1.165) is 135 Å². The number of hydrogen-bond acceptors (Lipinski definition) is 6. The number of unbranched alkanes of at least 4 members (excludes halogenated alkanes) is 28. The fourth-order valence-corrected chi connectivity index (χ4v) is 8.98. The first-order valence-corrected chi connectivity index (χ1v) is 33.0. The molecular weight excluding hydrogens is 973 g/mol. The third kappa shape index (κ3) is 64.5. The molecule has 0 aliphatic heterocycles. The van der Waals surface area contributed by atoms with E-state index in [2.05, 4.69) is 142 Å². The molecule has 6 nitrogen and oxygen atoms in total. The second-order valence-corrected chi connectivity index (χ2v) is 21.6. The SMILES string of the molecule is CC/C=C\C/C=C\C/C=C\C/C=C\C/C=C\C/C=C\CCCCCCC(=O)OCC(COC(=O)CCCCCCC/C=C\CCCCCCCC)OC(=O)CCCCCCCCCC/C=C\C/C=C\C/C=C\CCCCCCC. The van der Waals surface area contributed by atoms with Crippen molar-refractivity contribution in [3.63, 3.8) is 0 Å². The van der Waals surface area contributed by atoms with Crippen molar-refractivity contribution in [2.24, 2.45) is 0 Å². The van der Waals surface area contributed by atoms with Gasteiger partial charge in [-0.1, -0.05) is 271 Å². The fraction of sp³-hybridized carbons (Fsp3) is 0.685. The van der Waals surface area contributed by atoms with Crippen LogP contribution in [-0.2, 0) is 28.6 Å². The van der Waals surface area contributed by atoms with Gasteiger partial charge in [-0.2, -0.15) is 0 Å². The summed E-state index contributed by atoms with van der Waals surface area (Å²) in [5.74, 6) is -0.930. The second kappa shape index (κ2) is 66.3. The summed E-state index contributed by atoms with van der Waals surface area (Å²) in [5, 5.41) is 0. The zero-order valence-corrected chi connectivity index (χ0v) is 51.6. The zero-order valence-electron chi connectivity index (χ0n) is 51.6. The fourth-order valence-electron chi connectivity index (χ4n) is 8.98. The first-order valence-electron chi connectivity index (χ1n) is 33.0. The molecule has 6 heteroatoms. The molecule has 0 spiro atoms. The Labute approximate surface area is 488 Å². The number of carbonyl (C=O) groups excluding carboxylic acids is 3. The molecule has 0 aromatic heterocycles. The van der Waals surface area contributed by atoms with Gasteiger partial charge < -0.3 is 14.2 Å². The van der Waals surface area contributed by atoms with Crippen molar-refractivity contribution in [2.45, 2.75) is 309 Å². The largest absolute Gasteiger partial charge is 0.462 e. The predicted molar refractivity (Wildman–Crippen MR) is 343 cm³/mol. The highest BCUT2D eigenvalue weighted by Gasteiger charge is 2.19. The van der Waals surface area contributed by atoms with E-state index in [4.69, 9.17) is 14.2 Å². The van der Waals surface area contributed by atoms with Crippen LogP contribution in [0.15, 0.2) is 122 Å². The molecule has 0 amide bonds. The number of esters is 3. The van der Waals surface area contributed by atoms with Gasteiger partial charge in [0.1, 0.15) is 13.2 Å². The molecule has 0 rings (SSSR count). The molecule has 79 heavy (non-hydrogen) atoms. The van der Waals surface area contributed by atoms with E-state index in [9.17, 15) is 14.4 Å². The van der Waals surface area contributed by atoms with Crippen LogP contribution in [0, 0.1) is 0 Å². The molecule has 0 heterocycles. The minimum absolute atomic E-state index is 0.0957. The van der Waals surface area contributed by atoms with Crippen LogP contribution < -0.4 is 0 Å². The van der Waals surface area contributed by atoms with E-state index in [1.165, 1.54) is 128 Å². The lowest BCUT2D eigenvalue weighted by molar-refractivity contribution is -0.167. The van der Waals surface area contributed by atoms with Crippen molar-refractivity contribution < 1.29 is 28.6 Å². The van der Waals surface area contributed by atoms with Gasteiger partial charge in [0.25, 0.3) is 0 Å². The summed E-state index contributed by atoms with van der Waals surface area (Å²) in [4.78, 5) is 38.4. The van der Waals surface area contributed by atoms with Gasteiger partial charge in [0, 0.05) is 19.3 Å². The number of carbonyl (C=O) groups is 3. The Balaban J connectivity index is 4.46. The molecular formula is C73H122O6. The standard InChI is InChI=1S/C73H122O6/c1-4-7-10-13-16-19-22-25-28-30-32-34-36-38-40-42-45-48-51-54-57-60-63-66-72(75)78-69-70(68-77-71(74)65-62-59-56-53-50-47-44-27-24-21-18-15-12-9-6-3)79-73(76)67-64-61-58-55-52-49-46-43-41-39-37-35-33-31-29-26-23-20-17-14-11-8-5-2/h7,10,16,19,23,25-28,31-34,37-40,44-45,48,70H,4-6,8-9,11-15,17-18,20-22,24,29-30,35-36,41-43,46-47,49-69H2,1-3H3/b10-7-,19-16-,26-23-,28-25-,33-31-,34-32-,39-37-,40-38-,44-27-,48-45-. The lowest BCUT2D eigenvalue weighted by Gasteiger charge is -2.18. The summed E-state index contributed by atoms with van der Waals surface area (Å²) in [6, 6.07) is 0. The molecule has 450 valence electrons. The van der Waals surface area contributed by atoms with E-state index in [1.807, 2.05) is 0 Å². The molecule has 1 atom stereocenters. The summed E-state index contributed by atoms with van der Waals surface area (Å²) in [6.45, 7) is 6.49. The molecule has 0 N–H and O–H groups in total. The van der Waals surface area contributed by atoms with E-state index in [-0.39, 0.29) is 31.1 Å². The maximum atomic E-state index is 12.9. The normalized spacial score (nSPS) is 12.9. The van der Waals surface area contributed by atoms with E-state index >= 15 is 0 Å². The highest BCUT2D eigenvalue weighted by Crippen LogP contribution is 2.15. The van der Waals surface area contributed by atoms with Crippen LogP contribution in [0.3, 0.4) is 0 Å². The number of ether oxygens (including phenoxy) is 3. The summed E-state index contributed by atoms with van der Waals surface area (Å²) >= 11 is 0. The van der Waals surface area contributed by atoms with Crippen molar-refractivity contribution in [1.29, 1.82) is 0 Å². The Bertz CT molecular complexity index is 1640. The van der Waals surface area contributed by atoms with Gasteiger partial charge in [-0.05, 0) is 135 Å². The summed E-state index contributed by atoms with van der Waals surface area (Å²) in [5.41, 5.74) is 0. The molecule has 1 unspecified atom stereocenters. The maximum Gasteiger partial charge on any atom is 0.306 e. The van der Waals surface area contributed by atoms with Crippen LogP contribution >= 0.6 is 0 Å². The van der Waals surface area contributed by atoms with Crippen molar-refractivity contribution in [1.82, 2.24) is 0 Å². The van der Waals surface area contributed by atoms with Crippen molar-refractivity contribution in [3.8, 4) is 0 Å². The van der Waals surface area contributed by atoms with Crippen LogP contribution in [0.4, 0.5) is 0 Å². The Morgan fingerprint density at radius 3 is 0.785 bits per heavy atom. The van der Waals surface area contributed by atoms with Crippen LogP contribution in [0.2, 0.25) is 0 Å². The minimum Gasteiger partial charge on any atom is -0.462 e. The van der Waals surface area contributed by atoms with Crippen LogP contribution in [-0.4, -0.2) is 37.2 Å². The lowest BCUT2D eigenvalue weighted by atomic mass is 10.1. The van der Waals surface area contributed by atoms with Gasteiger partial charge in [0.2, 0.25) is 0 Å². The van der Waals surface area contributed by atoms with Gasteiger partial charge in [-0.3, -0.25) is 14.4 Å². The van der Waals surface area contributed by atoms with Gasteiger partial charge in [-0.15, -0.1) is 0 Å². The molecule has 0 fully saturated rings. The van der Waals surface area contributed by atoms with Crippen LogP contribution in [0.25, 0.3) is 0 Å².